The predicted molar refractivity (Wildman–Crippen MR) is 72.7 cm³/mol. The van der Waals surface area contributed by atoms with Gasteiger partial charge in [-0.3, -0.25) is 0 Å². The highest BCUT2D eigenvalue weighted by molar-refractivity contribution is 5.36. The van der Waals surface area contributed by atoms with Crippen LogP contribution in [0.5, 0.6) is 5.75 Å². The fourth-order valence-corrected chi connectivity index (χ4v) is 2.37. The van der Waals surface area contributed by atoms with Crippen molar-refractivity contribution in [2.24, 2.45) is 5.73 Å². The fourth-order valence-electron chi connectivity index (χ4n) is 2.37. The zero-order valence-corrected chi connectivity index (χ0v) is 11.4. The van der Waals surface area contributed by atoms with E-state index >= 15 is 0 Å². The minimum absolute atomic E-state index is 0.159. The quantitative estimate of drug-likeness (QED) is 0.805. The van der Waals surface area contributed by atoms with Crippen LogP contribution in [-0.2, 0) is 4.74 Å². The molecule has 1 fully saturated rings. The average Bonchev–Trinajstić information content (AvgIpc) is 2.87. The summed E-state index contributed by atoms with van der Waals surface area (Å²) in [5, 5.41) is 0. The molecule has 1 heterocycles. The Bertz CT molecular complexity index is 403. The summed E-state index contributed by atoms with van der Waals surface area (Å²) in [6.07, 6.45) is 4.60. The molecule has 0 bridgehead atoms. The molecule has 0 amide bonds. The molecule has 0 aliphatic carbocycles. The second kappa shape index (κ2) is 6.87. The van der Waals surface area contributed by atoms with Crippen molar-refractivity contribution in [3.63, 3.8) is 0 Å². The normalized spacial score (nSPS) is 20.5. The van der Waals surface area contributed by atoms with Crippen molar-refractivity contribution in [3.05, 3.63) is 29.6 Å². The molecule has 3 nitrogen and oxygen atoms in total. The van der Waals surface area contributed by atoms with E-state index in [1.165, 1.54) is 12.1 Å². The second-order valence-electron chi connectivity index (χ2n) is 5.10. The lowest BCUT2D eigenvalue weighted by atomic mass is 10.1. The lowest BCUT2D eigenvalue weighted by Gasteiger charge is -2.15. The summed E-state index contributed by atoms with van der Waals surface area (Å²) < 4.78 is 24.4. The zero-order chi connectivity index (χ0) is 13.7. The monoisotopic (exact) mass is 267 g/mol. The first kappa shape index (κ1) is 14.3. The van der Waals surface area contributed by atoms with Crippen LogP contribution >= 0.6 is 0 Å². The van der Waals surface area contributed by atoms with Crippen LogP contribution in [0.25, 0.3) is 0 Å². The molecule has 4 heteroatoms. The van der Waals surface area contributed by atoms with Crippen molar-refractivity contribution in [2.45, 2.75) is 44.8 Å². The van der Waals surface area contributed by atoms with E-state index in [1.807, 2.05) is 6.92 Å². The van der Waals surface area contributed by atoms with E-state index in [1.54, 1.807) is 6.07 Å². The van der Waals surface area contributed by atoms with Gasteiger partial charge in [0.2, 0.25) is 0 Å². The SMILES string of the molecule is C[C@H](N)c1ccc(F)cc1OCCCC1CCCO1. The topological polar surface area (TPSA) is 44.5 Å². The van der Waals surface area contributed by atoms with Crippen molar-refractivity contribution in [1.29, 1.82) is 0 Å². The number of hydrogen-bond acceptors (Lipinski definition) is 3. The van der Waals surface area contributed by atoms with Gasteiger partial charge >= 0.3 is 0 Å². The largest absolute Gasteiger partial charge is 0.493 e. The second-order valence-corrected chi connectivity index (χ2v) is 5.10. The third-order valence-corrected chi connectivity index (χ3v) is 3.42. The Morgan fingerprint density at radius 2 is 2.37 bits per heavy atom. The zero-order valence-electron chi connectivity index (χ0n) is 11.4. The molecule has 1 aromatic carbocycles. The minimum atomic E-state index is -0.293. The van der Waals surface area contributed by atoms with Crippen LogP contribution < -0.4 is 10.5 Å². The summed E-state index contributed by atoms with van der Waals surface area (Å²) in [6, 6.07) is 4.35. The Kier molecular flexibility index (Phi) is 5.16. The van der Waals surface area contributed by atoms with Gasteiger partial charge in [-0.1, -0.05) is 6.07 Å². The molecule has 106 valence electrons. The highest BCUT2D eigenvalue weighted by Crippen LogP contribution is 2.25. The van der Waals surface area contributed by atoms with Crippen molar-refractivity contribution in [2.75, 3.05) is 13.2 Å². The molecule has 2 atom stereocenters. The molecule has 1 aliphatic heterocycles. The van der Waals surface area contributed by atoms with Crippen LogP contribution in [0.1, 0.15) is 44.2 Å². The Labute approximate surface area is 113 Å². The first-order valence-electron chi connectivity index (χ1n) is 6.96. The number of rotatable bonds is 6. The molecule has 1 unspecified atom stereocenters. The van der Waals surface area contributed by atoms with Crippen LogP contribution in [0.15, 0.2) is 18.2 Å². The predicted octanol–water partition coefficient (Wildman–Crippen LogP) is 3.18. The summed E-state index contributed by atoms with van der Waals surface area (Å²) in [7, 11) is 0. The first-order valence-corrected chi connectivity index (χ1v) is 6.96. The first-order chi connectivity index (χ1) is 9.16. The van der Waals surface area contributed by atoms with Crippen LogP contribution in [0, 0.1) is 5.82 Å². The molecule has 0 saturated carbocycles. The maximum absolute atomic E-state index is 13.2. The van der Waals surface area contributed by atoms with Gasteiger partial charge in [0.1, 0.15) is 11.6 Å². The Morgan fingerprint density at radius 3 is 3.05 bits per heavy atom. The van der Waals surface area contributed by atoms with Crippen molar-refractivity contribution in [3.8, 4) is 5.75 Å². The van der Waals surface area contributed by atoms with E-state index in [4.69, 9.17) is 15.2 Å². The summed E-state index contributed by atoms with van der Waals surface area (Å²) in [4.78, 5) is 0. The van der Waals surface area contributed by atoms with Crippen molar-refractivity contribution in [1.82, 2.24) is 0 Å². The molecule has 0 aromatic heterocycles. The van der Waals surface area contributed by atoms with Gasteiger partial charge in [-0.25, -0.2) is 4.39 Å². The van der Waals surface area contributed by atoms with E-state index < -0.39 is 0 Å². The number of nitrogens with two attached hydrogens (primary N) is 1. The summed E-state index contributed by atoms with van der Waals surface area (Å²) in [5.74, 6) is 0.265. The molecule has 2 rings (SSSR count). The third-order valence-electron chi connectivity index (χ3n) is 3.42. The lowest BCUT2D eigenvalue weighted by Crippen LogP contribution is -2.11. The molecule has 1 aliphatic rings. The molecule has 0 radical (unpaired) electrons. The molecular weight excluding hydrogens is 245 g/mol. The smallest absolute Gasteiger partial charge is 0.126 e. The van der Waals surface area contributed by atoms with Crippen LogP contribution in [0.4, 0.5) is 4.39 Å². The number of ether oxygens (including phenoxy) is 2. The Morgan fingerprint density at radius 1 is 1.53 bits per heavy atom. The fraction of sp³-hybridized carbons (Fsp3) is 0.600. The van der Waals surface area contributed by atoms with E-state index in [9.17, 15) is 4.39 Å². The molecule has 19 heavy (non-hydrogen) atoms. The van der Waals surface area contributed by atoms with Gasteiger partial charge in [-0.2, -0.15) is 0 Å². The van der Waals surface area contributed by atoms with Crippen molar-refractivity contribution >= 4 is 0 Å². The van der Waals surface area contributed by atoms with Crippen LogP contribution in [0.3, 0.4) is 0 Å². The lowest BCUT2D eigenvalue weighted by molar-refractivity contribution is 0.0980. The maximum Gasteiger partial charge on any atom is 0.126 e. The van der Waals surface area contributed by atoms with Gasteiger partial charge in [0.15, 0.2) is 0 Å². The Hall–Kier alpha value is -1.13. The van der Waals surface area contributed by atoms with Gasteiger partial charge in [-0.15, -0.1) is 0 Å². The van der Waals surface area contributed by atoms with Crippen LogP contribution in [-0.4, -0.2) is 19.3 Å². The Balaban J connectivity index is 1.82. The van der Waals surface area contributed by atoms with Gasteiger partial charge in [0.05, 0.1) is 12.7 Å². The molecule has 0 spiro atoms. The van der Waals surface area contributed by atoms with Gasteiger partial charge in [0.25, 0.3) is 0 Å². The summed E-state index contributed by atoms with van der Waals surface area (Å²) >= 11 is 0. The standard InChI is InChI=1S/C15H22FNO2/c1-11(17)14-7-6-12(16)10-15(14)19-9-3-5-13-4-2-8-18-13/h6-7,10-11,13H,2-5,8-9,17H2,1H3/t11-,13?/m0/s1. The van der Waals surface area contributed by atoms with E-state index in [2.05, 4.69) is 0 Å². The average molecular weight is 267 g/mol. The molecule has 2 N–H and O–H groups in total. The van der Waals surface area contributed by atoms with E-state index in [0.29, 0.717) is 18.5 Å². The number of benzene rings is 1. The minimum Gasteiger partial charge on any atom is -0.493 e. The molecule has 1 aromatic rings. The van der Waals surface area contributed by atoms with E-state index in [0.717, 1.165) is 37.9 Å². The van der Waals surface area contributed by atoms with Gasteiger partial charge < -0.3 is 15.2 Å². The molecule has 1 saturated heterocycles. The van der Waals surface area contributed by atoms with Crippen LogP contribution in [0.2, 0.25) is 0 Å². The summed E-state index contributed by atoms with van der Waals surface area (Å²) in [5.41, 5.74) is 6.69. The van der Waals surface area contributed by atoms with Crippen molar-refractivity contribution < 1.29 is 13.9 Å². The van der Waals surface area contributed by atoms with Gasteiger partial charge in [-0.05, 0) is 38.7 Å². The number of halogens is 1. The number of hydrogen-bond donors (Lipinski definition) is 1. The third kappa shape index (κ3) is 4.18. The molecular formula is C15H22FNO2. The maximum atomic E-state index is 13.2. The van der Waals surface area contributed by atoms with Gasteiger partial charge in [0, 0.05) is 24.3 Å². The highest BCUT2D eigenvalue weighted by Gasteiger charge is 2.15. The van der Waals surface area contributed by atoms with E-state index in [-0.39, 0.29) is 11.9 Å². The highest BCUT2D eigenvalue weighted by atomic mass is 19.1. The summed E-state index contributed by atoms with van der Waals surface area (Å²) in [6.45, 7) is 3.32.